The van der Waals surface area contributed by atoms with Crippen LogP contribution >= 0.6 is 0 Å². The zero-order valence-electron chi connectivity index (χ0n) is 10.8. The molecule has 0 saturated carbocycles. The second kappa shape index (κ2) is 8.05. The van der Waals surface area contributed by atoms with Crippen LogP contribution in [0.5, 0.6) is 0 Å². The van der Waals surface area contributed by atoms with Crippen molar-refractivity contribution in [1.82, 2.24) is 10.6 Å². The molecule has 0 aliphatic heterocycles. The van der Waals surface area contributed by atoms with Crippen LogP contribution in [0, 0.1) is 0 Å². The highest BCUT2D eigenvalue weighted by Gasteiger charge is 2.10. The summed E-state index contributed by atoms with van der Waals surface area (Å²) >= 11 is 0. The van der Waals surface area contributed by atoms with Gasteiger partial charge in [-0.1, -0.05) is 30.3 Å². The third kappa shape index (κ3) is 5.83. The molecule has 1 aromatic rings. The third-order valence-electron chi connectivity index (χ3n) is 2.29. The Morgan fingerprint density at radius 1 is 1.26 bits per heavy atom. The van der Waals surface area contributed by atoms with Crippen LogP contribution in [0.2, 0.25) is 0 Å². The highest BCUT2D eigenvalue weighted by Crippen LogP contribution is 2.05. The Kier molecular flexibility index (Phi) is 6.32. The van der Waals surface area contributed by atoms with Crippen molar-refractivity contribution in [1.29, 1.82) is 0 Å². The van der Waals surface area contributed by atoms with Crippen LogP contribution in [0.1, 0.15) is 18.9 Å². The van der Waals surface area contributed by atoms with E-state index in [-0.39, 0.29) is 24.1 Å². The fourth-order valence-corrected chi connectivity index (χ4v) is 1.44. The van der Waals surface area contributed by atoms with Gasteiger partial charge in [-0.25, -0.2) is 0 Å². The van der Waals surface area contributed by atoms with Crippen molar-refractivity contribution >= 4 is 17.9 Å². The van der Waals surface area contributed by atoms with Gasteiger partial charge in [0.15, 0.2) is 0 Å². The van der Waals surface area contributed by atoms with Crippen LogP contribution in [0.3, 0.4) is 0 Å². The lowest BCUT2D eigenvalue weighted by Gasteiger charge is -2.09. The third-order valence-corrected chi connectivity index (χ3v) is 2.29. The van der Waals surface area contributed by atoms with E-state index in [1.165, 1.54) is 6.92 Å². The van der Waals surface area contributed by atoms with Crippen LogP contribution in [0.4, 0.5) is 0 Å². The summed E-state index contributed by atoms with van der Waals surface area (Å²) in [6, 6.07) is 9.24. The molecule has 0 bridgehead atoms. The number of benzene rings is 1. The molecule has 0 unspecified atom stereocenters. The van der Waals surface area contributed by atoms with E-state index in [2.05, 4.69) is 10.6 Å². The average molecular weight is 262 g/mol. The van der Waals surface area contributed by atoms with Gasteiger partial charge in [-0.3, -0.25) is 9.59 Å². The smallest absolute Gasteiger partial charge is 0.267 e. The molecule has 0 aromatic heterocycles. The second-order valence-electron chi connectivity index (χ2n) is 3.98. The van der Waals surface area contributed by atoms with Crippen LogP contribution in [-0.4, -0.2) is 30.1 Å². The van der Waals surface area contributed by atoms with E-state index in [0.717, 1.165) is 5.56 Å². The van der Waals surface area contributed by atoms with Crippen LogP contribution in [-0.2, 0) is 9.59 Å². The Labute approximate surface area is 112 Å². The van der Waals surface area contributed by atoms with E-state index in [1.807, 2.05) is 30.3 Å². The molecule has 0 fully saturated rings. The van der Waals surface area contributed by atoms with E-state index in [9.17, 15) is 9.59 Å². The SMILES string of the molecule is CC(=O)NC(=Cc1ccccc1)C(=O)NCCCO. The fraction of sp³-hybridized carbons (Fsp3) is 0.286. The van der Waals surface area contributed by atoms with Crippen molar-refractivity contribution in [2.45, 2.75) is 13.3 Å². The maximum absolute atomic E-state index is 11.9. The number of nitrogens with one attached hydrogen (secondary N) is 2. The van der Waals surface area contributed by atoms with E-state index >= 15 is 0 Å². The number of amides is 2. The van der Waals surface area contributed by atoms with E-state index in [1.54, 1.807) is 6.08 Å². The molecule has 0 radical (unpaired) electrons. The second-order valence-corrected chi connectivity index (χ2v) is 3.98. The predicted molar refractivity (Wildman–Crippen MR) is 72.9 cm³/mol. The highest BCUT2D eigenvalue weighted by molar-refractivity contribution is 6.00. The van der Waals surface area contributed by atoms with Gasteiger partial charge in [0.1, 0.15) is 5.70 Å². The van der Waals surface area contributed by atoms with Gasteiger partial charge in [-0.05, 0) is 18.1 Å². The number of carbonyl (C=O) groups is 2. The minimum absolute atomic E-state index is 0.0121. The van der Waals surface area contributed by atoms with E-state index in [4.69, 9.17) is 5.11 Å². The first-order valence-electron chi connectivity index (χ1n) is 6.07. The lowest BCUT2D eigenvalue weighted by molar-refractivity contribution is -0.122. The number of hydrogen-bond donors (Lipinski definition) is 3. The fourth-order valence-electron chi connectivity index (χ4n) is 1.44. The predicted octanol–water partition coefficient (Wildman–Crippen LogP) is 0.662. The Bertz CT molecular complexity index is 455. The molecule has 2 amide bonds. The molecular weight excluding hydrogens is 244 g/mol. The highest BCUT2D eigenvalue weighted by atomic mass is 16.3. The maximum Gasteiger partial charge on any atom is 0.267 e. The summed E-state index contributed by atoms with van der Waals surface area (Å²) in [5, 5.41) is 13.8. The summed E-state index contributed by atoms with van der Waals surface area (Å²) in [7, 11) is 0. The normalized spacial score (nSPS) is 10.9. The summed E-state index contributed by atoms with van der Waals surface area (Å²) in [6.07, 6.45) is 2.08. The van der Waals surface area contributed by atoms with Crippen molar-refractivity contribution in [3.63, 3.8) is 0 Å². The Hall–Kier alpha value is -2.14. The number of aliphatic hydroxyl groups excluding tert-OH is 1. The van der Waals surface area contributed by atoms with Gasteiger partial charge in [0, 0.05) is 20.1 Å². The molecule has 0 aliphatic rings. The molecule has 0 heterocycles. The van der Waals surface area contributed by atoms with Gasteiger partial charge < -0.3 is 15.7 Å². The van der Waals surface area contributed by atoms with Crippen molar-refractivity contribution in [3.8, 4) is 0 Å². The van der Waals surface area contributed by atoms with Crippen molar-refractivity contribution in [2.75, 3.05) is 13.2 Å². The number of rotatable bonds is 6. The van der Waals surface area contributed by atoms with Gasteiger partial charge in [-0.15, -0.1) is 0 Å². The van der Waals surface area contributed by atoms with Gasteiger partial charge >= 0.3 is 0 Å². The molecular formula is C14H18N2O3. The largest absolute Gasteiger partial charge is 0.396 e. The molecule has 102 valence electrons. The molecule has 0 spiro atoms. The Morgan fingerprint density at radius 3 is 2.53 bits per heavy atom. The first-order chi connectivity index (χ1) is 9.13. The van der Waals surface area contributed by atoms with Gasteiger partial charge in [0.25, 0.3) is 5.91 Å². The summed E-state index contributed by atoms with van der Waals surface area (Å²) < 4.78 is 0. The molecule has 3 N–H and O–H groups in total. The van der Waals surface area contributed by atoms with Gasteiger partial charge in [0.2, 0.25) is 5.91 Å². The Balaban J connectivity index is 2.79. The summed E-state index contributed by atoms with van der Waals surface area (Å²) in [5.41, 5.74) is 1.01. The lowest BCUT2D eigenvalue weighted by atomic mass is 10.2. The standard InChI is InChI=1S/C14H18N2O3/c1-11(18)16-13(14(19)15-8-5-9-17)10-12-6-3-2-4-7-12/h2-4,6-7,10,17H,5,8-9H2,1H3,(H,15,19)(H,16,18). The molecule has 5 nitrogen and oxygen atoms in total. The first-order valence-corrected chi connectivity index (χ1v) is 6.07. The van der Waals surface area contributed by atoms with Gasteiger partial charge in [-0.2, -0.15) is 0 Å². The quantitative estimate of drug-likeness (QED) is 0.520. The maximum atomic E-state index is 11.9. The zero-order chi connectivity index (χ0) is 14.1. The average Bonchev–Trinajstić information content (AvgIpc) is 2.39. The number of carbonyl (C=O) groups excluding carboxylic acids is 2. The van der Waals surface area contributed by atoms with Crippen molar-refractivity contribution < 1.29 is 14.7 Å². The zero-order valence-corrected chi connectivity index (χ0v) is 10.8. The minimum Gasteiger partial charge on any atom is -0.396 e. The summed E-state index contributed by atoms with van der Waals surface area (Å²) in [5.74, 6) is -0.674. The van der Waals surface area contributed by atoms with Crippen LogP contribution < -0.4 is 10.6 Å². The minimum atomic E-state index is -0.368. The van der Waals surface area contributed by atoms with Crippen molar-refractivity contribution in [3.05, 3.63) is 41.6 Å². The number of aliphatic hydroxyl groups is 1. The first kappa shape index (κ1) is 14.9. The van der Waals surface area contributed by atoms with E-state index in [0.29, 0.717) is 13.0 Å². The molecule has 1 rings (SSSR count). The summed E-state index contributed by atoms with van der Waals surface area (Å²) in [6.45, 7) is 1.72. The molecule has 0 saturated heterocycles. The molecule has 1 aromatic carbocycles. The van der Waals surface area contributed by atoms with Crippen molar-refractivity contribution in [2.24, 2.45) is 0 Å². The van der Waals surface area contributed by atoms with E-state index < -0.39 is 0 Å². The molecule has 5 heteroatoms. The van der Waals surface area contributed by atoms with Gasteiger partial charge in [0.05, 0.1) is 0 Å². The number of hydrogen-bond acceptors (Lipinski definition) is 3. The van der Waals surface area contributed by atoms with Crippen LogP contribution in [0.25, 0.3) is 6.08 Å². The monoisotopic (exact) mass is 262 g/mol. The molecule has 19 heavy (non-hydrogen) atoms. The summed E-state index contributed by atoms with van der Waals surface area (Å²) in [4.78, 5) is 23.0. The Morgan fingerprint density at radius 2 is 1.95 bits per heavy atom. The topological polar surface area (TPSA) is 78.4 Å². The molecule has 0 aliphatic carbocycles. The lowest BCUT2D eigenvalue weighted by Crippen LogP contribution is -2.34. The molecule has 0 atom stereocenters. The van der Waals surface area contributed by atoms with Crippen LogP contribution in [0.15, 0.2) is 36.0 Å².